The summed E-state index contributed by atoms with van der Waals surface area (Å²) in [7, 11) is 1.63. The molecule has 1 heterocycles. The molecule has 0 atom stereocenters. The molecule has 0 fully saturated rings. The van der Waals surface area contributed by atoms with Crippen LogP contribution in [0.15, 0.2) is 18.3 Å². The van der Waals surface area contributed by atoms with E-state index in [1.165, 1.54) is 0 Å². The van der Waals surface area contributed by atoms with Gasteiger partial charge < -0.3 is 4.74 Å². The van der Waals surface area contributed by atoms with Crippen molar-refractivity contribution in [3.63, 3.8) is 0 Å². The lowest BCUT2D eigenvalue weighted by Gasteiger charge is -2.21. The van der Waals surface area contributed by atoms with Gasteiger partial charge in [0.1, 0.15) is 5.60 Å². The molecule has 0 saturated carbocycles. The molecule has 0 aliphatic rings. The monoisotopic (exact) mass is 179 g/mol. The number of aromatic nitrogens is 1. The highest BCUT2D eigenvalue weighted by Crippen LogP contribution is 2.20. The van der Waals surface area contributed by atoms with Crippen LogP contribution in [-0.2, 0) is 10.3 Å². The van der Waals surface area contributed by atoms with Gasteiger partial charge in [0.15, 0.2) is 6.29 Å². The lowest BCUT2D eigenvalue weighted by Crippen LogP contribution is -2.20. The van der Waals surface area contributed by atoms with Crippen molar-refractivity contribution in [1.29, 1.82) is 0 Å². The second kappa shape index (κ2) is 3.66. The van der Waals surface area contributed by atoms with Gasteiger partial charge in [0.25, 0.3) is 0 Å². The van der Waals surface area contributed by atoms with E-state index >= 15 is 0 Å². The van der Waals surface area contributed by atoms with Gasteiger partial charge in [-0.25, -0.2) is 0 Å². The molecule has 70 valence electrons. The average Bonchev–Trinajstić information content (AvgIpc) is 2.18. The molecule has 0 aliphatic carbocycles. The van der Waals surface area contributed by atoms with Crippen LogP contribution in [-0.4, -0.2) is 18.4 Å². The number of aldehydes is 1. The summed E-state index contributed by atoms with van der Waals surface area (Å²) < 4.78 is 5.25. The molecule has 0 aliphatic heterocycles. The third kappa shape index (κ3) is 2.12. The molecule has 1 aromatic rings. The number of hydrogen-bond acceptors (Lipinski definition) is 3. The van der Waals surface area contributed by atoms with Crippen LogP contribution >= 0.6 is 0 Å². The maximum atomic E-state index is 10.4. The maximum Gasteiger partial charge on any atom is 0.151 e. The van der Waals surface area contributed by atoms with Crippen molar-refractivity contribution in [2.45, 2.75) is 19.4 Å². The average molecular weight is 179 g/mol. The number of carbonyl (C=O) groups is 1. The van der Waals surface area contributed by atoms with Crippen molar-refractivity contribution in [2.75, 3.05) is 7.11 Å². The Labute approximate surface area is 77.8 Å². The zero-order valence-corrected chi connectivity index (χ0v) is 8.07. The van der Waals surface area contributed by atoms with Gasteiger partial charge in [-0.05, 0) is 26.0 Å². The Bertz CT molecular complexity index is 290. The third-order valence-electron chi connectivity index (χ3n) is 2.05. The van der Waals surface area contributed by atoms with Gasteiger partial charge in [-0.15, -0.1) is 0 Å². The zero-order valence-electron chi connectivity index (χ0n) is 8.07. The lowest BCUT2D eigenvalue weighted by atomic mass is 10.0. The van der Waals surface area contributed by atoms with Gasteiger partial charge in [0.05, 0.1) is 5.69 Å². The molecule has 0 spiro atoms. The summed E-state index contributed by atoms with van der Waals surface area (Å²) in [5.74, 6) is 0. The van der Waals surface area contributed by atoms with E-state index in [-0.39, 0.29) is 0 Å². The predicted molar refractivity (Wildman–Crippen MR) is 49.7 cm³/mol. The van der Waals surface area contributed by atoms with E-state index in [9.17, 15) is 4.79 Å². The highest BCUT2D eigenvalue weighted by molar-refractivity contribution is 5.73. The summed E-state index contributed by atoms with van der Waals surface area (Å²) in [5, 5.41) is 0. The Hall–Kier alpha value is -1.22. The van der Waals surface area contributed by atoms with Gasteiger partial charge >= 0.3 is 0 Å². The summed E-state index contributed by atoms with van der Waals surface area (Å²) in [6.07, 6.45) is 2.32. The number of pyridine rings is 1. The molecule has 0 aromatic carbocycles. The molecule has 13 heavy (non-hydrogen) atoms. The second-order valence-corrected chi connectivity index (χ2v) is 3.31. The molecule has 0 bridgehead atoms. The topological polar surface area (TPSA) is 39.2 Å². The Balaban J connectivity index is 2.98. The fourth-order valence-corrected chi connectivity index (χ4v) is 0.936. The van der Waals surface area contributed by atoms with E-state index in [2.05, 4.69) is 4.98 Å². The van der Waals surface area contributed by atoms with Crippen molar-refractivity contribution in [1.82, 2.24) is 4.98 Å². The fourth-order valence-electron chi connectivity index (χ4n) is 0.936. The van der Waals surface area contributed by atoms with Crippen molar-refractivity contribution < 1.29 is 9.53 Å². The largest absolute Gasteiger partial charge is 0.373 e. The van der Waals surface area contributed by atoms with Gasteiger partial charge in [-0.1, -0.05) is 0 Å². The minimum absolute atomic E-state index is 0.401. The summed E-state index contributed by atoms with van der Waals surface area (Å²) >= 11 is 0. The minimum atomic E-state index is -0.401. The summed E-state index contributed by atoms with van der Waals surface area (Å²) in [6, 6.07) is 3.53. The highest BCUT2D eigenvalue weighted by Gasteiger charge is 2.20. The molecule has 1 aromatic heterocycles. The van der Waals surface area contributed by atoms with Crippen molar-refractivity contribution in [3.05, 3.63) is 29.6 Å². The van der Waals surface area contributed by atoms with E-state index in [0.717, 1.165) is 12.0 Å². The lowest BCUT2D eigenvalue weighted by molar-refractivity contribution is 0.0155. The molecular weight excluding hydrogens is 166 g/mol. The molecule has 3 heteroatoms. The van der Waals surface area contributed by atoms with E-state index in [0.29, 0.717) is 5.56 Å². The van der Waals surface area contributed by atoms with Crippen molar-refractivity contribution in [2.24, 2.45) is 0 Å². The van der Waals surface area contributed by atoms with E-state index in [1.54, 1.807) is 25.4 Å². The molecule has 0 saturated heterocycles. The number of nitrogens with zero attached hydrogens (tertiary/aromatic N) is 1. The summed E-state index contributed by atoms with van der Waals surface area (Å²) in [6.45, 7) is 3.85. The number of carbonyl (C=O) groups excluding carboxylic acids is 1. The van der Waals surface area contributed by atoms with E-state index in [1.807, 2.05) is 13.8 Å². The first-order chi connectivity index (χ1) is 6.10. The van der Waals surface area contributed by atoms with Gasteiger partial charge in [-0.3, -0.25) is 9.78 Å². The molecule has 0 radical (unpaired) electrons. The van der Waals surface area contributed by atoms with Crippen LogP contribution in [0, 0.1) is 0 Å². The first-order valence-electron chi connectivity index (χ1n) is 4.07. The Morgan fingerprint density at radius 1 is 1.46 bits per heavy atom. The van der Waals surface area contributed by atoms with E-state index in [4.69, 9.17) is 4.74 Å². The SMILES string of the molecule is COC(C)(C)c1ccc(C=O)cn1. The Morgan fingerprint density at radius 2 is 2.15 bits per heavy atom. The number of methoxy groups -OCH3 is 1. The standard InChI is InChI=1S/C10H13NO2/c1-10(2,13-3)9-5-4-8(7-12)6-11-9/h4-7H,1-3H3. The maximum absolute atomic E-state index is 10.4. The normalized spacial score (nSPS) is 11.3. The molecule has 3 nitrogen and oxygen atoms in total. The first-order valence-corrected chi connectivity index (χ1v) is 4.07. The summed E-state index contributed by atoms with van der Waals surface area (Å²) in [4.78, 5) is 14.5. The molecule has 0 N–H and O–H groups in total. The van der Waals surface area contributed by atoms with Gasteiger partial charge in [0, 0.05) is 18.9 Å². The van der Waals surface area contributed by atoms with Crippen molar-refractivity contribution >= 4 is 6.29 Å². The van der Waals surface area contributed by atoms with Crippen LogP contribution in [0.3, 0.4) is 0 Å². The second-order valence-electron chi connectivity index (χ2n) is 3.31. The number of ether oxygens (including phenoxy) is 1. The quantitative estimate of drug-likeness (QED) is 0.664. The molecular formula is C10H13NO2. The predicted octanol–water partition coefficient (Wildman–Crippen LogP) is 1.78. The van der Waals surface area contributed by atoms with Gasteiger partial charge in [-0.2, -0.15) is 0 Å². The molecule has 1 rings (SSSR count). The third-order valence-corrected chi connectivity index (χ3v) is 2.05. The van der Waals surface area contributed by atoms with Crippen LogP contribution in [0.5, 0.6) is 0 Å². The minimum Gasteiger partial charge on any atom is -0.373 e. The van der Waals surface area contributed by atoms with E-state index < -0.39 is 5.60 Å². The Morgan fingerprint density at radius 3 is 2.54 bits per heavy atom. The number of hydrogen-bond donors (Lipinski definition) is 0. The van der Waals surface area contributed by atoms with Gasteiger partial charge in [0.2, 0.25) is 0 Å². The number of rotatable bonds is 3. The van der Waals surface area contributed by atoms with Crippen LogP contribution in [0.2, 0.25) is 0 Å². The van der Waals surface area contributed by atoms with Crippen LogP contribution in [0.4, 0.5) is 0 Å². The van der Waals surface area contributed by atoms with Crippen LogP contribution in [0.1, 0.15) is 29.9 Å². The molecule has 0 unspecified atom stereocenters. The van der Waals surface area contributed by atoms with Crippen molar-refractivity contribution in [3.8, 4) is 0 Å². The molecule has 0 amide bonds. The zero-order chi connectivity index (χ0) is 9.90. The van der Waals surface area contributed by atoms with Crippen LogP contribution < -0.4 is 0 Å². The highest BCUT2D eigenvalue weighted by atomic mass is 16.5. The first kappa shape index (κ1) is 9.86. The smallest absolute Gasteiger partial charge is 0.151 e. The Kier molecular flexibility index (Phi) is 2.78. The van der Waals surface area contributed by atoms with Crippen LogP contribution in [0.25, 0.3) is 0 Å². The summed E-state index contributed by atoms with van der Waals surface area (Å²) in [5.41, 5.74) is 0.998. The fraction of sp³-hybridized carbons (Fsp3) is 0.400.